The van der Waals surface area contributed by atoms with Gasteiger partial charge in [-0.2, -0.15) is 0 Å². The molecule has 1 aliphatic heterocycles. The second kappa shape index (κ2) is 9.99. The number of anilines is 1. The molecule has 3 rings (SSSR count). The van der Waals surface area contributed by atoms with Crippen molar-refractivity contribution in [1.29, 1.82) is 0 Å². The topological polar surface area (TPSA) is 85.4 Å². The number of methoxy groups -OCH3 is 1. The van der Waals surface area contributed by atoms with Crippen molar-refractivity contribution in [3.63, 3.8) is 0 Å². The number of nitrogens with one attached hydrogen (secondary N) is 2. The van der Waals surface area contributed by atoms with Gasteiger partial charge in [-0.3, -0.25) is 4.79 Å². The van der Waals surface area contributed by atoms with Crippen LogP contribution >= 0.6 is 0 Å². The fourth-order valence-electron chi connectivity index (χ4n) is 2.91. The highest BCUT2D eigenvalue weighted by Gasteiger charge is 2.18. The molecular formula is C20H26N4O3. The third-order valence-corrected chi connectivity index (χ3v) is 4.34. The van der Waals surface area contributed by atoms with Gasteiger partial charge in [-0.25, -0.2) is 9.97 Å². The van der Waals surface area contributed by atoms with E-state index in [9.17, 15) is 4.79 Å². The molecule has 144 valence electrons. The van der Waals surface area contributed by atoms with Crippen LogP contribution < -0.4 is 10.6 Å². The van der Waals surface area contributed by atoms with E-state index in [-0.39, 0.29) is 12.0 Å². The number of rotatable bonds is 9. The van der Waals surface area contributed by atoms with Gasteiger partial charge >= 0.3 is 0 Å². The van der Waals surface area contributed by atoms with Crippen molar-refractivity contribution >= 4 is 11.7 Å². The molecule has 1 fully saturated rings. The van der Waals surface area contributed by atoms with E-state index in [0.717, 1.165) is 31.4 Å². The van der Waals surface area contributed by atoms with Crippen LogP contribution in [0.25, 0.3) is 11.4 Å². The minimum atomic E-state index is -0.218. The van der Waals surface area contributed by atoms with Crippen molar-refractivity contribution in [2.24, 2.45) is 0 Å². The van der Waals surface area contributed by atoms with E-state index in [4.69, 9.17) is 9.47 Å². The number of aromatic nitrogens is 2. The Kier molecular flexibility index (Phi) is 7.12. The number of nitrogens with zero attached hydrogens (tertiary/aromatic N) is 2. The average Bonchev–Trinajstić information content (AvgIpc) is 3.23. The molecule has 1 saturated heterocycles. The minimum Gasteiger partial charge on any atom is -0.385 e. The van der Waals surface area contributed by atoms with Gasteiger partial charge in [0.1, 0.15) is 11.5 Å². The number of carbonyl (C=O) groups excluding carboxylic acids is 1. The highest BCUT2D eigenvalue weighted by molar-refractivity contribution is 5.93. The molecule has 2 heterocycles. The number of amides is 1. The lowest BCUT2D eigenvalue weighted by atomic mass is 10.2. The van der Waals surface area contributed by atoms with Gasteiger partial charge in [0.15, 0.2) is 5.82 Å². The van der Waals surface area contributed by atoms with Crippen molar-refractivity contribution in [2.45, 2.75) is 25.4 Å². The highest BCUT2D eigenvalue weighted by Crippen LogP contribution is 2.18. The summed E-state index contributed by atoms with van der Waals surface area (Å²) in [6.07, 6.45) is 2.96. The molecule has 7 heteroatoms. The molecule has 1 atom stereocenters. The maximum atomic E-state index is 12.6. The molecule has 0 bridgehead atoms. The summed E-state index contributed by atoms with van der Waals surface area (Å²) in [6, 6.07) is 11.3. The molecule has 1 amide bonds. The molecular weight excluding hydrogens is 344 g/mol. The number of carbonyl (C=O) groups is 1. The first-order valence-corrected chi connectivity index (χ1v) is 9.33. The molecule has 2 N–H and O–H groups in total. The van der Waals surface area contributed by atoms with Crippen molar-refractivity contribution in [3.8, 4) is 11.4 Å². The Morgan fingerprint density at radius 2 is 2.15 bits per heavy atom. The summed E-state index contributed by atoms with van der Waals surface area (Å²) in [7, 11) is 1.68. The molecule has 0 radical (unpaired) electrons. The lowest BCUT2D eigenvalue weighted by Crippen LogP contribution is -2.32. The molecule has 7 nitrogen and oxygen atoms in total. The minimum absolute atomic E-state index is 0.0935. The fraction of sp³-hybridized carbons (Fsp3) is 0.450. The zero-order chi connectivity index (χ0) is 18.9. The quantitative estimate of drug-likeness (QED) is 0.660. The molecule has 27 heavy (non-hydrogen) atoms. The van der Waals surface area contributed by atoms with Crippen molar-refractivity contribution in [2.75, 3.05) is 38.7 Å². The SMILES string of the molecule is COCCCNc1cc(C(=O)NCC2CCCO2)nc(-c2ccccc2)n1. The Morgan fingerprint density at radius 1 is 1.30 bits per heavy atom. The van der Waals surface area contributed by atoms with Crippen LogP contribution in [0.3, 0.4) is 0 Å². The zero-order valence-corrected chi connectivity index (χ0v) is 15.6. The largest absolute Gasteiger partial charge is 0.385 e. The van der Waals surface area contributed by atoms with E-state index in [1.165, 1.54) is 0 Å². The molecule has 0 saturated carbocycles. The van der Waals surface area contributed by atoms with Crippen LogP contribution in [0.1, 0.15) is 29.8 Å². The van der Waals surface area contributed by atoms with Crippen molar-refractivity contribution in [1.82, 2.24) is 15.3 Å². The summed E-state index contributed by atoms with van der Waals surface area (Å²) in [4.78, 5) is 21.6. The van der Waals surface area contributed by atoms with E-state index >= 15 is 0 Å². The van der Waals surface area contributed by atoms with Crippen LogP contribution in [0.15, 0.2) is 36.4 Å². The number of ether oxygens (including phenoxy) is 2. The lowest BCUT2D eigenvalue weighted by Gasteiger charge is -2.12. The molecule has 1 aromatic heterocycles. The van der Waals surface area contributed by atoms with Gasteiger partial charge in [0.2, 0.25) is 0 Å². The summed E-state index contributed by atoms with van der Waals surface area (Å²) < 4.78 is 10.6. The monoisotopic (exact) mass is 370 g/mol. The van der Waals surface area contributed by atoms with Gasteiger partial charge in [0.05, 0.1) is 6.10 Å². The predicted molar refractivity (Wildman–Crippen MR) is 104 cm³/mol. The summed E-state index contributed by atoms with van der Waals surface area (Å²) in [5.41, 5.74) is 1.21. The Morgan fingerprint density at radius 3 is 2.89 bits per heavy atom. The third kappa shape index (κ3) is 5.74. The number of benzene rings is 1. The predicted octanol–water partition coefficient (Wildman–Crippen LogP) is 2.50. The first-order valence-electron chi connectivity index (χ1n) is 9.33. The van der Waals surface area contributed by atoms with Gasteiger partial charge in [-0.05, 0) is 19.3 Å². The molecule has 0 spiro atoms. The number of hydrogen-bond acceptors (Lipinski definition) is 6. The normalized spacial score (nSPS) is 16.3. The third-order valence-electron chi connectivity index (χ3n) is 4.34. The summed E-state index contributed by atoms with van der Waals surface area (Å²) >= 11 is 0. The van der Waals surface area contributed by atoms with E-state index in [2.05, 4.69) is 20.6 Å². The van der Waals surface area contributed by atoms with Crippen LogP contribution in [0.2, 0.25) is 0 Å². The van der Waals surface area contributed by atoms with E-state index < -0.39 is 0 Å². The van der Waals surface area contributed by atoms with Crippen LogP contribution in [-0.4, -0.2) is 55.4 Å². The Bertz CT molecular complexity index is 733. The molecule has 0 aliphatic carbocycles. The van der Waals surface area contributed by atoms with Gasteiger partial charge < -0.3 is 20.1 Å². The second-order valence-corrected chi connectivity index (χ2v) is 6.45. The standard InChI is InChI=1S/C20H26N4O3/c1-26-11-6-10-21-18-13-17(20(25)22-14-16-9-5-12-27-16)23-19(24-18)15-7-3-2-4-8-15/h2-4,7-8,13,16H,5-6,9-12,14H2,1H3,(H,22,25)(H,21,23,24). The maximum Gasteiger partial charge on any atom is 0.270 e. The van der Waals surface area contributed by atoms with Gasteiger partial charge in [0, 0.05) is 45.0 Å². The first-order chi connectivity index (χ1) is 13.3. The first kappa shape index (κ1) is 19.3. The van der Waals surface area contributed by atoms with E-state index in [0.29, 0.717) is 37.0 Å². The van der Waals surface area contributed by atoms with Gasteiger partial charge in [-0.15, -0.1) is 0 Å². The van der Waals surface area contributed by atoms with E-state index in [1.807, 2.05) is 30.3 Å². The summed E-state index contributed by atoms with van der Waals surface area (Å²) in [5, 5.41) is 6.17. The van der Waals surface area contributed by atoms with Crippen molar-refractivity contribution < 1.29 is 14.3 Å². The molecule has 1 aliphatic rings. The van der Waals surface area contributed by atoms with E-state index in [1.54, 1.807) is 13.2 Å². The molecule has 1 unspecified atom stereocenters. The second-order valence-electron chi connectivity index (χ2n) is 6.45. The Hall–Kier alpha value is -2.51. The molecule has 1 aromatic carbocycles. The van der Waals surface area contributed by atoms with Crippen LogP contribution in [0.4, 0.5) is 5.82 Å². The Balaban J connectivity index is 1.74. The van der Waals surface area contributed by atoms with Crippen LogP contribution in [0.5, 0.6) is 0 Å². The van der Waals surface area contributed by atoms with Crippen LogP contribution in [-0.2, 0) is 9.47 Å². The summed E-state index contributed by atoms with van der Waals surface area (Å²) in [6.45, 7) is 2.64. The summed E-state index contributed by atoms with van der Waals surface area (Å²) in [5.74, 6) is 0.932. The fourth-order valence-corrected chi connectivity index (χ4v) is 2.91. The van der Waals surface area contributed by atoms with Gasteiger partial charge in [0.25, 0.3) is 5.91 Å². The van der Waals surface area contributed by atoms with Gasteiger partial charge in [-0.1, -0.05) is 30.3 Å². The van der Waals surface area contributed by atoms with Crippen LogP contribution in [0, 0.1) is 0 Å². The number of hydrogen-bond donors (Lipinski definition) is 2. The molecule has 2 aromatic rings. The lowest BCUT2D eigenvalue weighted by molar-refractivity contribution is 0.0853. The highest BCUT2D eigenvalue weighted by atomic mass is 16.5. The average molecular weight is 370 g/mol. The Labute approximate surface area is 159 Å². The smallest absolute Gasteiger partial charge is 0.270 e. The van der Waals surface area contributed by atoms with Crippen molar-refractivity contribution in [3.05, 3.63) is 42.1 Å². The maximum absolute atomic E-state index is 12.6. The zero-order valence-electron chi connectivity index (χ0n) is 15.6.